The average Bonchev–Trinajstić information content (AvgIpc) is 3.64. The Morgan fingerprint density at radius 2 is 1.66 bits per heavy atom. The number of benzene rings is 2. The van der Waals surface area contributed by atoms with Gasteiger partial charge in [0.25, 0.3) is 0 Å². The second-order valence-corrected chi connectivity index (χ2v) is 10.8. The molecule has 2 aromatic rings. The third-order valence-electron chi connectivity index (χ3n) is 7.39. The van der Waals surface area contributed by atoms with Gasteiger partial charge in [0.2, 0.25) is 5.91 Å². The number of aliphatic hydroxyl groups is 1. The van der Waals surface area contributed by atoms with Gasteiger partial charge in [0.1, 0.15) is 11.5 Å². The molecule has 0 aromatic heterocycles. The highest BCUT2D eigenvalue weighted by Crippen LogP contribution is 2.28. The third-order valence-corrected chi connectivity index (χ3v) is 7.39. The number of ether oxygens (including phenoxy) is 3. The highest BCUT2D eigenvalue weighted by molar-refractivity contribution is 5.95. The van der Waals surface area contributed by atoms with Crippen LogP contribution >= 0.6 is 0 Å². The molecule has 0 spiro atoms. The van der Waals surface area contributed by atoms with E-state index in [0.717, 1.165) is 74.8 Å². The van der Waals surface area contributed by atoms with Gasteiger partial charge in [-0.3, -0.25) is 19.3 Å². The van der Waals surface area contributed by atoms with E-state index in [4.69, 9.17) is 34.6 Å². The van der Waals surface area contributed by atoms with Crippen molar-refractivity contribution in [2.45, 2.75) is 63.3 Å². The summed E-state index contributed by atoms with van der Waals surface area (Å²) in [7, 11) is 3.36. The standard InChI is InChI=1S/C25H32N2O4.C6H8O7/c1-29-22-12-9-20(24(15-22)30-2)17-26(18-23-5-4-14-31-23)16-19-7-10-21(11-8-19)27-13-3-6-25(27)28;7-3(8)1-6(13,5(11)12)2-4(9)10/h7-12,15,23H,3-6,13-14,16-18H2,1-2H3;13H,1-2H2,(H,7,8)(H,9,10)(H,11,12). The van der Waals surface area contributed by atoms with Crippen LogP contribution in [0.5, 0.6) is 11.5 Å². The molecule has 0 aliphatic carbocycles. The fourth-order valence-electron chi connectivity index (χ4n) is 5.16. The van der Waals surface area contributed by atoms with Crippen molar-refractivity contribution in [2.75, 3.05) is 38.8 Å². The van der Waals surface area contributed by atoms with Gasteiger partial charge in [-0.25, -0.2) is 4.79 Å². The third kappa shape index (κ3) is 9.93. The van der Waals surface area contributed by atoms with E-state index in [9.17, 15) is 19.2 Å². The summed E-state index contributed by atoms with van der Waals surface area (Å²) in [6, 6.07) is 14.4. The molecule has 240 valence electrons. The van der Waals surface area contributed by atoms with Gasteiger partial charge in [0.05, 0.1) is 33.2 Å². The largest absolute Gasteiger partial charge is 0.497 e. The number of carbonyl (C=O) groups excluding carboxylic acids is 1. The summed E-state index contributed by atoms with van der Waals surface area (Å²) < 4.78 is 16.9. The smallest absolute Gasteiger partial charge is 0.336 e. The molecule has 1 amide bonds. The van der Waals surface area contributed by atoms with Crippen molar-refractivity contribution in [3.8, 4) is 11.5 Å². The quantitative estimate of drug-likeness (QED) is 0.244. The van der Waals surface area contributed by atoms with Gasteiger partial charge in [0.15, 0.2) is 5.60 Å². The van der Waals surface area contributed by atoms with Crippen LogP contribution in [0.25, 0.3) is 0 Å². The van der Waals surface area contributed by atoms with Crippen LogP contribution in [-0.2, 0) is 37.0 Å². The summed E-state index contributed by atoms with van der Waals surface area (Å²) in [5.74, 6) is -3.17. The second kappa shape index (κ2) is 16.0. The number of anilines is 1. The molecule has 0 radical (unpaired) electrons. The summed E-state index contributed by atoms with van der Waals surface area (Å²) in [5.41, 5.74) is 0.604. The molecule has 0 saturated carbocycles. The van der Waals surface area contributed by atoms with Gasteiger partial charge in [-0.2, -0.15) is 0 Å². The Labute approximate surface area is 255 Å². The molecular weight excluding hydrogens is 576 g/mol. The maximum absolute atomic E-state index is 12.0. The zero-order chi connectivity index (χ0) is 32.3. The van der Waals surface area contributed by atoms with Gasteiger partial charge in [-0.1, -0.05) is 18.2 Å². The molecule has 13 heteroatoms. The Morgan fingerprint density at radius 3 is 2.16 bits per heavy atom. The first-order valence-corrected chi connectivity index (χ1v) is 14.3. The summed E-state index contributed by atoms with van der Waals surface area (Å²) >= 11 is 0. The molecular formula is C31H40N2O11. The molecule has 2 fully saturated rings. The number of carboxylic acid groups (broad SMARTS) is 3. The molecule has 2 aliphatic heterocycles. The number of hydrogen-bond acceptors (Lipinski definition) is 9. The number of hydrogen-bond donors (Lipinski definition) is 4. The Kier molecular flexibility index (Phi) is 12.5. The molecule has 2 aliphatic rings. The second-order valence-electron chi connectivity index (χ2n) is 10.8. The van der Waals surface area contributed by atoms with Crippen molar-refractivity contribution in [2.24, 2.45) is 0 Å². The zero-order valence-corrected chi connectivity index (χ0v) is 24.9. The maximum Gasteiger partial charge on any atom is 0.336 e. The summed E-state index contributed by atoms with van der Waals surface area (Å²) in [6.45, 7) is 4.12. The molecule has 1 unspecified atom stereocenters. The fraction of sp³-hybridized carbons (Fsp3) is 0.484. The van der Waals surface area contributed by atoms with Crippen molar-refractivity contribution >= 4 is 29.5 Å². The molecule has 2 aromatic carbocycles. The lowest BCUT2D eigenvalue weighted by Gasteiger charge is -2.26. The van der Waals surface area contributed by atoms with Crippen LogP contribution < -0.4 is 14.4 Å². The van der Waals surface area contributed by atoms with Gasteiger partial charge >= 0.3 is 17.9 Å². The molecule has 4 N–H and O–H groups in total. The van der Waals surface area contributed by atoms with Gasteiger partial charge < -0.3 is 39.5 Å². The van der Waals surface area contributed by atoms with Gasteiger partial charge in [0, 0.05) is 56.5 Å². The predicted octanol–water partition coefficient (Wildman–Crippen LogP) is 2.76. The Balaban J connectivity index is 0.000000345. The summed E-state index contributed by atoms with van der Waals surface area (Å²) in [6.07, 6.45) is 1.81. The normalized spacial score (nSPS) is 16.4. The van der Waals surface area contributed by atoms with Crippen LogP contribution in [-0.4, -0.2) is 94.8 Å². The molecule has 44 heavy (non-hydrogen) atoms. The lowest BCUT2D eigenvalue weighted by Crippen LogP contribution is -2.42. The van der Waals surface area contributed by atoms with Crippen LogP contribution in [0.15, 0.2) is 42.5 Å². The van der Waals surface area contributed by atoms with E-state index in [1.54, 1.807) is 14.2 Å². The van der Waals surface area contributed by atoms with E-state index < -0.39 is 36.4 Å². The number of carboxylic acids is 3. The average molecular weight is 617 g/mol. The first-order chi connectivity index (χ1) is 20.9. The minimum atomic E-state index is -2.74. The highest BCUT2D eigenvalue weighted by Gasteiger charge is 2.40. The van der Waals surface area contributed by atoms with Crippen molar-refractivity contribution in [3.63, 3.8) is 0 Å². The van der Waals surface area contributed by atoms with Crippen molar-refractivity contribution in [1.82, 2.24) is 4.90 Å². The van der Waals surface area contributed by atoms with Crippen molar-refractivity contribution in [3.05, 3.63) is 53.6 Å². The van der Waals surface area contributed by atoms with E-state index in [1.807, 2.05) is 17.0 Å². The predicted molar refractivity (Wildman–Crippen MR) is 158 cm³/mol. The maximum atomic E-state index is 12.0. The zero-order valence-electron chi connectivity index (χ0n) is 24.9. The number of methoxy groups -OCH3 is 2. The number of nitrogens with zero attached hydrogens (tertiary/aromatic N) is 2. The SMILES string of the molecule is COc1ccc(CN(Cc2ccc(N3CCCC3=O)cc2)CC2CCCO2)c(OC)c1.O=C(O)CC(O)(CC(=O)O)C(=O)O. The van der Waals surface area contributed by atoms with Crippen LogP contribution in [0.4, 0.5) is 5.69 Å². The molecule has 2 heterocycles. The fourth-order valence-corrected chi connectivity index (χ4v) is 5.16. The summed E-state index contributed by atoms with van der Waals surface area (Å²) in [5, 5.41) is 33.8. The Hall–Kier alpha value is -4.20. The van der Waals surface area contributed by atoms with E-state index in [0.29, 0.717) is 6.42 Å². The topological polar surface area (TPSA) is 183 Å². The van der Waals surface area contributed by atoms with Crippen LogP contribution in [0, 0.1) is 0 Å². The van der Waals surface area contributed by atoms with Crippen LogP contribution in [0.1, 0.15) is 49.7 Å². The minimum absolute atomic E-state index is 0.222. The highest BCUT2D eigenvalue weighted by atomic mass is 16.5. The summed E-state index contributed by atoms with van der Waals surface area (Å²) in [4.78, 5) is 46.8. The van der Waals surface area contributed by atoms with Crippen LogP contribution in [0.3, 0.4) is 0 Å². The van der Waals surface area contributed by atoms with Crippen molar-refractivity contribution < 1.29 is 53.8 Å². The molecule has 13 nitrogen and oxygen atoms in total. The minimum Gasteiger partial charge on any atom is -0.497 e. The molecule has 2 saturated heterocycles. The monoisotopic (exact) mass is 616 g/mol. The Bertz CT molecular complexity index is 1280. The first kappa shape index (κ1) is 34.3. The van der Waals surface area contributed by atoms with E-state index in [1.165, 1.54) is 5.56 Å². The van der Waals surface area contributed by atoms with Crippen molar-refractivity contribution in [1.29, 1.82) is 0 Å². The number of carbonyl (C=O) groups is 4. The number of aliphatic carboxylic acids is 3. The first-order valence-electron chi connectivity index (χ1n) is 14.3. The molecule has 1 atom stereocenters. The molecule has 0 bridgehead atoms. The lowest BCUT2D eigenvalue weighted by molar-refractivity contribution is -0.170. The van der Waals surface area contributed by atoms with E-state index in [-0.39, 0.29) is 12.0 Å². The van der Waals surface area contributed by atoms with E-state index in [2.05, 4.69) is 35.2 Å². The Morgan fingerprint density at radius 1 is 0.977 bits per heavy atom. The van der Waals surface area contributed by atoms with Gasteiger partial charge in [-0.15, -0.1) is 0 Å². The van der Waals surface area contributed by atoms with Crippen LogP contribution in [0.2, 0.25) is 0 Å². The number of rotatable bonds is 14. The molecule has 4 rings (SSSR count). The number of amides is 1. The van der Waals surface area contributed by atoms with E-state index >= 15 is 0 Å². The lowest BCUT2D eigenvalue weighted by atomic mass is 9.96. The van der Waals surface area contributed by atoms with Gasteiger partial charge in [-0.05, 0) is 43.0 Å².